The van der Waals surface area contributed by atoms with Gasteiger partial charge in [-0.3, -0.25) is 4.79 Å². The molecule has 1 unspecified atom stereocenters. The van der Waals surface area contributed by atoms with E-state index < -0.39 is 0 Å². The Kier molecular flexibility index (Phi) is 3.73. The Bertz CT molecular complexity index is 509. The minimum atomic E-state index is -0.324. The van der Waals surface area contributed by atoms with Gasteiger partial charge in [0.2, 0.25) is 5.91 Å². The van der Waals surface area contributed by atoms with E-state index in [1.807, 2.05) is 11.0 Å². The number of hydrogen-bond donors (Lipinski definition) is 1. The molecule has 1 aliphatic rings. The quantitative estimate of drug-likeness (QED) is 0.888. The Hall–Kier alpha value is -1.73. The van der Waals surface area contributed by atoms with Crippen LogP contribution in [0.2, 0.25) is 5.02 Å². The number of piperidine rings is 1. The Morgan fingerprint density at radius 1 is 1.50 bits per heavy atom. The number of hydrogen-bond acceptors (Lipinski definition) is 3. The summed E-state index contributed by atoms with van der Waals surface area (Å²) >= 11 is 6.17. The molecule has 1 heterocycles. The van der Waals surface area contributed by atoms with Gasteiger partial charge in [0.05, 0.1) is 22.3 Å². The van der Waals surface area contributed by atoms with Crippen LogP contribution in [0.4, 0.5) is 5.69 Å². The van der Waals surface area contributed by atoms with E-state index in [1.165, 1.54) is 0 Å². The van der Waals surface area contributed by atoms with E-state index in [4.69, 9.17) is 22.6 Å². The van der Waals surface area contributed by atoms with Gasteiger partial charge in [-0.05, 0) is 37.5 Å². The van der Waals surface area contributed by atoms with Gasteiger partial charge < -0.3 is 10.6 Å². The predicted molar refractivity (Wildman–Crippen MR) is 70.3 cm³/mol. The minimum absolute atomic E-state index is 0.302. The van der Waals surface area contributed by atoms with Gasteiger partial charge in [-0.15, -0.1) is 0 Å². The Labute approximate surface area is 111 Å². The normalized spacial score (nSPS) is 19.3. The first-order chi connectivity index (χ1) is 8.63. The number of nitrogens with zero attached hydrogens (tertiary/aromatic N) is 2. The number of benzene rings is 1. The second-order valence-electron chi connectivity index (χ2n) is 4.39. The van der Waals surface area contributed by atoms with E-state index >= 15 is 0 Å². The first-order valence-corrected chi connectivity index (χ1v) is 6.27. The maximum Gasteiger partial charge on any atom is 0.240 e. The van der Waals surface area contributed by atoms with Crippen LogP contribution in [0.15, 0.2) is 18.2 Å². The van der Waals surface area contributed by atoms with Gasteiger partial charge in [-0.2, -0.15) is 5.26 Å². The van der Waals surface area contributed by atoms with Crippen molar-refractivity contribution in [1.29, 1.82) is 5.26 Å². The SMILES string of the molecule is N#Cc1ccc(N2CCCCC2C(N)=O)c(Cl)c1. The summed E-state index contributed by atoms with van der Waals surface area (Å²) in [5.41, 5.74) is 6.71. The summed E-state index contributed by atoms with van der Waals surface area (Å²) < 4.78 is 0. The highest BCUT2D eigenvalue weighted by Crippen LogP contribution is 2.31. The minimum Gasteiger partial charge on any atom is -0.368 e. The van der Waals surface area contributed by atoms with Crippen LogP contribution in [-0.4, -0.2) is 18.5 Å². The molecule has 1 fully saturated rings. The maximum atomic E-state index is 11.5. The lowest BCUT2D eigenvalue weighted by atomic mass is 10.0. The summed E-state index contributed by atoms with van der Waals surface area (Å²) in [4.78, 5) is 13.4. The number of carbonyl (C=O) groups is 1. The molecule has 0 radical (unpaired) electrons. The van der Waals surface area contributed by atoms with Gasteiger partial charge in [-0.25, -0.2) is 0 Å². The molecule has 0 spiro atoms. The molecule has 5 heteroatoms. The van der Waals surface area contributed by atoms with E-state index in [0.29, 0.717) is 10.6 Å². The van der Waals surface area contributed by atoms with Crippen molar-refractivity contribution in [3.05, 3.63) is 28.8 Å². The highest BCUT2D eigenvalue weighted by Gasteiger charge is 2.28. The van der Waals surface area contributed by atoms with Crippen molar-refractivity contribution >= 4 is 23.2 Å². The second kappa shape index (κ2) is 5.28. The second-order valence-corrected chi connectivity index (χ2v) is 4.79. The smallest absolute Gasteiger partial charge is 0.240 e. The Morgan fingerprint density at radius 2 is 2.28 bits per heavy atom. The van der Waals surface area contributed by atoms with Gasteiger partial charge >= 0.3 is 0 Å². The summed E-state index contributed by atoms with van der Waals surface area (Å²) in [6.45, 7) is 0.763. The number of primary amides is 1. The third-order valence-electron chi connectivity index (χ3n) is 3.22. The molecule has 0 aliphatic carbocycles. The molecule has 1 amide bonds. The molecule has 2 rings (SSSR count). The number of anilines is 1. The molecular weight excluding hydrogens is 250 g/mol. The van der Waals surface area contributed by atoms with Crippen LogP contribution in [0.5, 0.6) is 0 Å². The van der Waals surface area contributed by atoms with Crippen LogP contribution in [0.1, 0.15) is 24.8 Å². The van der Waals surface area contributed by atoms with E-state index in [9.17, 15) is 4.79 Å². The number of carbonyl (C=O) groups excluding carboxylic acids is 1. The van der Waals surface area contributed by atoms with E-state index in [2.05, 4.69) is 0 Å². The van der Waals surface area contributed by atoms with Crippen molar-refractivity contribution in [2.75, 3.05) is 11.4 Å². The number of amides is 1. The van der Waals surface area contributed by atoms with Crippen molar-refractivity contribution in [1.82, 2.24) is 0 Å². The number of nitriles is 1. The van der Waals surface area contributed by atoms with Crippen LogP contribution >= 0.6 is 11.6 Å². The molecule has 0 saturated carbocycles. The third-order valence-corrected chi connectivity index (χ3v) is 3.52. The highest BCUT2D eigenvalue weighted by atomic mass is 35.5. The highest BCUT2D eigenvalue weighted by molar-refractivity contribution is 6.33. The summed E-state index contributed by atoms with van der Waals surface area (Å²) in [5, 5.41) is 9.30. The van der Waals surface area contributed by atoms with Crippen molar-refractivity contribution in [2.45, 2.75) is 25.3 Å². The molecule has 94 valence electrons. The molecule has 1 aromatic carbocycles. The third kappa shape index (κ3) is 2.41. The fourth-order valence-corrected chi connectivity index (χ4v) is 2.61. The van der Waals surface area contributed by atoms with Crippen LogP contribution < -0.4 is 10.6 Å². The summed E-state index contributed by atoms with van der Waals surface area (Å²) in [6, 6.07) is 6.83. The van der Waals surface area contributed by atoms with E-state index in [-0.39, 0.29) is 11.9 Å². The topological polar surface area (TPSA) is 70.1 Å². The molecule has 0 aromatic heterocycles. The zero-order valence-electron chi connectivity index (χ0n) is 9.90. The molecule has 0 bridgehead atoms. The molecule has 1 aliphatic heterocycles. The van der Waals surface area contributed by atoms with Crippen LogP contribution in [-0.2, 0) is 4.79 Å². The Morgan fingerprint density at radius 3 is 2.89 bits per heavy atom. The lowest BCUT2D eigenvalue weighted by molar-refractivity contribution is -0.119. The average molecular weight is 264 g/mol. The fraction of sp³-hybridized carbons (Fsp3) is 0.385. The zero-order valence-corrected chi connectivity index (χ0v) is 10.7. The van der Waals surface area contributed by atoms with Crippen LogP contribution in [0, 0.1) is 11.3 Å². The van der Waals surface area contributed by atoms with Gasteiger partial charge in [0, 0.05) is 6.54 Å². The van der Waals surface area contributed by atoms with Crippen molar-refractivity contribution in [3.8, 4) is 6.07 Å². The van der Waals surface area contributed by atoms with Gasteiger partial charge in [0.1, 0.15) is 6.04 Å². The standard InChI is InChI=1S/C13H14ClN3O/c14-10-7-9(8-15)4-5-11(10)17-6-2-1-3-12(17)13(16)18/h4-5,7,12H,1-3,6H2,(H2,16,18). The molecule has 4 nitrogen and oxygen atoms in total. The molecule has 1 aromatic rings. The predicted octanol–water partition coefficient (Wildman–Crippen LogP) is 2.06. The largest absolute Gasteiger partial charge is 0.368 e. The number of rotatable bonds is 2. The molecule has 18 heavy (non-hydrogen) atoms. The van der Waals surface area contributed by atoms with Crippen LogP contribution in [0.3, 0.4) is 0 Å². The Balaban J connectivity index is 2.34. The number of nitrogens with two attached hydrogens (primary N) is 1. The summed E-state index contributed by atoms with van der Waals surface area (Å²) in [6.07, 6.45) is 2.77. The first kappa shape index (κ1) is 12.7. The average Bonchev–Trinajstić information content (AvgIpc) is 2.38. The number of halogens is 1. The van der Waals surface area contributed by atoms with Crippen molar-refractivity contribution < 1.29 is 4.79 Å². The monoisotopic (exact) mass is 263 g/mol. The van der Waals surface area contributed by atoms with Crippen LogP contribution in [0.25, 0.3) is 0 Å². The molecule has 1 saturated heterocycles. The maximum absolute atomic E-state index is 11.5. The van der Waals surface area contributed by atoms with Gasteiger partial charge in [-0.1, -0.05) is 11.6 Å². The molecule has 2 N–H and O–H groups in total. The summed E-state index contributed by atoms with van der Waals surface area (Å²) in [5.74, 6) is -0.324. The lowest BCUT2D eigenvalue weighted by Crippen LogP contribution is -2.48. The van der Waals surface area contributed by atoms with E-state index in [1.54, 1.807) is 18.2 Å². The van der Waals surface area contributed by atoms with Crippen molar-refractivity contribution in [2.24, 2.45) is 5.73 Å². The first-order valence-electron chi connectivity index (χ1n) is 5.89. The van der Waals surface area contributed by atoms with Crippen molar-refractivity contribution in [3.63, 3.8) is 0 Å². The zero-order chi connectivity index (χ0) is 13.1. The van der Waals surface area contributed by atoms with E-state index in [0.717, 1.165) is 31.5 Å². The fourth-order valence-electron chi connectivity index (χ4n) is 2.33. The van der Waals surface area contributed by atoms with Gasteiger partial charge in [0.25, 0.3) is 0 Å². The van der Waals surface area contributed by atoms with Gasteiger partial charge in [0.15, 0.2) is 0 Å². The molecular formula is C13H14ClN3O. The summed E-state index contributed by atoms with van der Waals surface area (Å²) in [7, 11) is 0. The molecule has 1 atom stereocenters. The lowest BCUT2D eigenvalue weighted by Gasteiger charge is -2.36.